The van der Waals surface area contributed by atoms with Crippen LogP contribution in [0.3, 0.4) is 0 Å². The summed E-state index contributed by atoms with van der Waals surface area (Å²) in [5, 5.41) is 11.7. The molecule has 1 atom stereocenters. The molecule has 1 aliphatic rings. The van der Waals surface area contributed by atoms with Gasteiger partial charge in [-0.2, -0.15) is 0 Å². The first kappa shape index (κ1) is 16.5. The zero-order chi connectivity index (χ0) is 16.1. The zero-order valence-corrected chi connectivity index (χ0v) is 13.2. The molecule has 1 aromatic rings. The van der Waals surface area contributed by atoms with E-state index in [4.69, 9.17) is 5.11 Å². The van der Waals surface area contributed by atoms with Gasteiger partial charge in [0.25, 0.3) is 5.91 Å². The maximum absolute atomic E-state index is 12.1. The second-order valence-corrected chi connectivity index (χ2v) is 6.21. The molecule has 0 aliphatic carbocycles. The van der Waals surface area contributed by atoms with E-state index in [0.717, 1.165) is 19.6 Å². The molecule has 1 aromatic carbocycles. The second-order valence-electron chi connectivity index (χ2n) is 6.21. The lowest BCUT2D eigenvalue weighted by Gasteiger charge is -2.18. The number of nitrogens with one attached hydrogen (secondary N) is 1. The van der Waals surface area contributed by atoms with Gasteiger partial charge in [0.1, 0.15) is 6.04 Å². The van der Waals surface area contributed by atoms with E-state index in [1.807, 2.05) is 12.1 Å². The second kappa shape index (κ2) is 7.40. The highest BCUT2D eigenvalue weighted by molar-refractivity contribution is 5.96. The Bertz CT molecular complexity index is 519. The molecule has 120 valence electrons. The third-order valence-corrected chi connectivity index (χ3v) is 4.04. The number of likely N-dealkylation sites (tertiary alicyclic amines) is 1. The monoisotopic (exact) mass is 304 g/mol. The maximum atomic E-state index is 12.1. The first-order chi connectivity index (χ1) is 10.5. The molecule has 1 heterocycles. The van der Waals surface area contributed by atoms with Gasteiger partial charge in [-0.05, 0) is 49.5 Å². The lowest BCUT2D eigenvalue weighted by atomic mass is 10.0. The van der Waals surface area contributed by atoms with Crippen molar-refractivity contribution >= 4 is 11.9 Å². The quantitative estimate of drug-likeness (QED) is 0.844. The van der Waals surface area contributed by atoms with Crippen LogP contribution in [0.4, 0.5) is 0 Å². The topological polar surface area (TPSA) is 69.6 Å². The van der Waals surface area contributed by atoms with Crippen molar-refractivity contribution in [2.45, 2.75) is 39.3 Å². The Morgan fingerprint density at radius 1 is 1.18 bits per heavy atom. The van der Waals surface area contributed by atoms with Crippen LogP contribution in [0.1, 0.15) is 42.6 Å². The lowest BCUT2D eigenvalue weighted by molar-refractivity contribution is -0.140. The highest BCUT2D eigenvalue weighted by atomic mass is 16.4. The highest BCUT2D eigenvalue weighted by Gasteiger charge is 2.23. The molecule has 0 radical (unpaired) electrons. The summed E-state index contributed by atoms with van der Waals surface area (Å²) in [6.45, 7) is 6.73. The lowest BCUT2D eigenvalue weighted by Crippen LogP contribution is -2.44. The minimum absolute atomic E-state index is 0.157. The Balaban J connectivity index is 1.96. The van der Waals surface area contributed by atoms with Crippen LogP contribution in [-0.4, -0.2) is 41.0 Å². The van der Waals surface area contributed by atoms with Gasteiger partial charge < -0.3 is 10.4 Å². The fourth-order valence-corrected chi connectivity index (χ4v) is 2.70. The molecule has 2 N–H and O–H groups in total. The highest BCUT2D eigenvalue weighted by Crippen LogP contribution is 2.13. The molecular formula is C17H24N2O3. The van der Waals surface area contributed by atoms with Gasteiger partial charge in [-0.15, -0.1) is 0 Å². The van der Waals surface area contributed by atoms with Gasteiger partial charge in [0.15, 0.2) is 0 Å². The molecule has 5 heteroatoms. The number of benzene rings is 1. The summed E-state index contributed by atoms with van der Waals surface area (Å²) in [5.41, 5.74) is 1.68. The molecule has 1 unspecified atom stereocenters. The number of rotatable bonds is 6. The number of carbonyl (C=O) groups is 2. The molecule has 1 saturated heterocycles. The minimum atomic E-state index is -1.01. The van der Waals surface area contributed by atoms with Gasteiger partial charge in [-0.3, -0.25) is 9.69 Å². The molecule has 0 spiro atoms. The average molecular weight is 304 g/mol. The Morgan fingerprint density at radius 3 is 2.27 bits per heavy atom. The summed E-state index contributed by atoms with van der Waals surface area (Å²) in [5.74, 6) is -1.50. The van der Waals surface area contributed by atoms with Crippen molar-refractivity contribution in [1.82, 2.24) is 10.2 Å². The molecule has 0 aromatic heterocycles. The molecule has 2 rings (SSSR count). The predicted octanol–water partition coefficient (Wildman–Crippen LogP) is 2.12. The Morgan fingerprint density at radius 2 is 1.77 bits per heavy atom. The summed E-state index contributed by atoms with van der Waals surface area (Å²) < 4.78 is 0. The number of amides is 1. The molecular weight excluding hydrogens is 280 g/mol. The maximum Gasteiger partial charge on any atom is 0.326 e. The molecule has 1 aliphatic heterocycles. The summed E-state index contributed by atoms with van der Waals surface area (Å²) >= 11 is 0. The van der Waals surface area contributed by atoms with Crippen molar-refractivity contribution < 1.29 is 14.7 Å². The van der Waals surface area contributed by atoms with Crippen LogP contribution in [-0.2, 0) is 11.3 Å². The SMILES string of the molecule is CC(C)C(NC(=O)c1ccc(CN2CCCC2)cc1)C(=O)O. The molecule has 22 heavy (non-hydrogen) atoms. The molecule has 0 bridgehead atoms. The number of carbonyl (C=O) groups excluding carboxylic acids is 1. The number of carboxylic acid groups (broad SMARTS) is 1. The largest absolute Gasteiger partial charge is 0.480 e. The van der Waals surface area contributed by atoms with Crippen molar-refractivity contribution in [2.24, 2.45) is 5.92 Å². The van der Waals surface area contributed by atoms with Gasteiger partial charge >= 0.3 is 5.97 Å². The van der Waals surface area contributed by atoms with Crippen molar-refractivity contribution in [3.8, 4) is 0 Å². The van der Waals surface area contributed by atoms with Crippen LogP contribution in [0.15, 0.2) is 24.3 Å². The van der Waals surface area contributed by atoms with Gasteiger partial charge in [-0.1, -0.05) is 26.0 Å². The predicted molar refractivity (Wildman–Crippen MR) is 84.7 cm³/mol. The molecule has 1 fully saturated rings. The minimum Gasteiger partial charge on any atom is -0.480 e. The normalized spacial score (nSPS) is 16.7. The molecule has 1 amide bonds. The van der Waals surface area contributed by atoms with E-state index in [2.05, 4.69) is 10.2 Å². The van der Waals surface area contributed by atoms with Gasteiger partial charge in [-0.25, -0.2) is 4.79 Å². The van der Waals surface area contributed by atoms with E-state index >= 15 is 0 Å². The first-order valence-corrected chi connectivity index (χ1v) is 7.82. The standard InChI is InChI=1S/C17H24N2O3/c1-12(2)15(17(21)22)18-16(20)14-7-5-13(6-8-14)11-19-9-3-4-10-19/h5-8,12,15H,3-4,9-11H2,1-2H3,(H,18,20)(H,21,22). The Hall–Kier alpha value is -1.88. The van der Waals surface area contributed by atoms with E-state index in [0.29, 0.717) is 5.56 Å². The number of hydrogen-bond donors (Lipinski definition) is 2. The third-order valence-electron chi connectivity index (χ3n) is 4.04. The number of aliphatic carboxylic acids is 1. The van der Waals surface area contributed by atoms with E-state index in [-0.39, 0.29) is 11.8 Å². The Labute approximate surface area is 131 Å². The zero-order valence-electron chi connectivity index (χ0n) is 13.2. The van der Waals surface area contributed by atoms with Crippen molar-refractivity contribution in [3.63, 3.8) is 0 Å². The van der Waals surface area contributed by atoms with Gasteiger partial charge in [0.05, 0.1) is 0 Å². The van der Waals surface area contributed by atoms with Crippen LogP contribution in [0.2, 0.25) is 0 Å². The summed E-state index contributed by atoms with van der Waals surface area (Å²) in [4.78, 5) is 25.7. The summed E-state index contributed by atoms with van der Waals surface area (Å²) in [6, 6.07) is 6.55. The fraction of sp³-hybridized carbons (Fsp3) is 0.529. The van der Waals surface area contributed by atoms with Crippen LogP contribution < -0.4 is 5.32 Å². The number of nitrogens with zero attached hydrogens (tertiary/aromatic N) is 1. The smallest absolute Gasteiger partial charge is 0.326 e. The molecule has 0 saturated carbocycles. The van der Waals surface area contributed by atoms with Crippen molar-refractivity contribution in [2.75, 3.05) is 13.1 Å². The number of carboxylic acids is 1. The Kier molecular flexibility index (Phi) is 5.55. The number of hydrogen-bond acceptors (Lipinski definition) is 3. The van der Waals surface area contributed by atoms with Gasteiger partial charge in [0.2, 0.25) is 0 Å². The van der Waals surface area contributed by atoms with Crippen molar-refractivity contribution in [1.29, 1.82) is 0 Å². The van der Waals surface area contributed by atoms with Crippen LogP contribution in [0, 0.1) is 5.92 Å². The van der Waals surface area contributed by atoms with Crippen LogP contribution in [0.5, 0.6) is 0 Å². The van der Waals surface area contributed by atoms with E-state index < -0.39 is 12.0 Å². The third kappa shape index (κ3) is 4.31. The average Bonchev–Trinajstić information content (AvgIpc) is 2.97. The van der Waals surface area contributed by atoms with Crippen LogP contribution >= 0.6 is 0 Å². The van der Waals surface area contributed by atoms with Gasteiger partial charge in [0, 0.05) is 12.1 Å². The summed E-state index contributed by atoms with van der Waals surface area (Å²) in [6.07, 6.45) is 2.51. The first-order valence-electron chi connectivity index (χ1n) is 7.82. The van der Waals surface area contributed by atoms with Crippen molar-refractivity contribution in [3.05, 3.63) is 35.4 Å². The van der Waals surface area contributed by atoms with E-state index in [1.165, 1.54) is 18.4 Å². The van der Waals surface area contributed by atoms with E-state index in [9.17, 15) is 9.59 Å². The van der Waals surface area contributed by atoms with Crippen LogP contribution in [0.25, 0.3) is 0 Å². The molecule has 5 nitrogen and oxygen atoms in total. The fourth-order valence-electron chi connectivity index (χ4n) is 2.70. The summed E-state index contributed by atoms with van der Waals surface area (Å²) in [7, 11) is 0. The van der Waals surface area contributed by atoms with E-state index in [1.54, 1.807) is 26.0 Å².